The molecule has 0 aliphatic heterocycles. The first-order valence-corrected chi connectivity index (χ1v) is 4.18. The summed E-state index contributed by atoms with van der Waals surface area (Å²) in [5.41, 5.74) is 0. The minimum Gasteiger partial charge on any atom is -0.0830 e. The van der Waals surface area contributed by atoms with Crippen LogP contribution in [0.15, 0.2) is 22.7 Å². The molecule has 0 fully saturated rings. The highest BCUT2D eigenvalue weighted by Crippen LogP contribution is 2.24. The van der Waals surface area contributed by atoms with E-state index in [1.807, 2.05) is 0 Å². The summed E-state index contributed by atoms with van der Waals surface area (Å²) in [6.07, 6.45) is 7.35. The van der Waals surface area contributed by atoms with Crippen molar-refractivity contribution in [1.82, 2.24) is 0 Å². The van der Waals surface area contributed by atoms with Crippen LogP contribution in [0.1, 0.15) is 6.42 Å². The monoisotopic (exact) mass is 236 g/mol. The second-order valence-electron chi connectivity index (χ2n) is 1.68. The van der Waals surface area contributed by atoms with E-state index in [9.17, 15) is 0 Å². The first-order valence-electron chi connectivity index (χ1n) is 2.47. The third-order valence-electron chi connectivity index (χ3n) is 1.03. The summed E-state index contributed by atoms with van der Waals surface area (Å²) in [4.78, 5) is 0.507. The van der Waals surface area contributed by atoms with Crippen molar-refractivity contribution in [3.8, 4) is 0 Å². The Balaban J connectivity index is 2.66. The number of allylic oxidation sites excluding steroid dienone is 4. The lowest BCUT2D eigenvalue weighted by atomic mass is 10.2. The number of rotatable bonds is 0. The molecule has 0 heterocycles. The predicted octanol–water partition coefficient (Wildman–Crippen LogP) is 2.99. The Hall–Kier alpha value is 0.440. The van der Waals surface area contributed by atoms with Crippen molar-refractivity contribution in [2.24, 2.45) is 0 Å². The highest BCUT2D eigenvalue weighted by Gasteiger charge is 2.06. The lowest BCUT2D eigenvalue weighted by Gasteiger charge is -2.07. The minimum atomic E-state index is 0.507. The van der Waals surface area contributed by atoms with Gasteiger partial charge in [0.05, 0.1) is 0 Å². The standard InChI is InChI=1S/C6H6Br2/c7-5-3-1-2-4-6(5)8/h1-3,6H,4H2. The van der Waals surface area contributed by atoms with Gasteiger partial charge in [-0.05, 0) is 6.42 Å². The summed E-state index contributed by atoms with van der Waals surface area (Å²) in [5, 5.41) is 0. The van der Waals surface area contributed by atoms with Gasteiger partial charge < -0.3 is 0 Å². The molecular formula is C6H6Br2. The lowest BCUT2D eigenvalue weighted by molar-refractivity contribution is 1.06. The molecule has 0 saturated heterocycles. The maximum absolute atomic E-state index is 3.49. The van der Waals surface area contributed by atoms with Gasteiger partial charge in [-0.2, -0.15) is 0 Å². The van der Waals surface area contributed by atoms with Crippen LogP contribution in [0.5, 0.6) is 0 Å². The van der Waals surface area contributed by atoms with Gasteiger partial charge in [-0.1, -0.05) is 50.1 Å². The second kappa shape index (κ2) is 2.83. The minimum absolute atomic E-state index is 0.507. The van der Waals surface area contributed by atoms with Crippen molar-refractivity contribution < 1.29 is 0 Å². The van der Waals surface area contributed by atoms with Gasteiger partial charge >= 0.3 is 0 Å². The quantitative estimate of drug-likeness (QED) is 0.569. The fraction of sp³-hybridized carbons (Fsp3) is 0.333. The summed E-state index contributed by atoms with van der Waals surface area (Å²) < 4.78 is 1.24. The van der Waals surface area contributed by atoms with Crippen LogP contribution in [-0.2, 0) is 0 Å². The Morgan fingerprint density at radius 3 is 2.75 bits per heavy atom. The van der Waals surface area contributed by atoms with E-state index in [4.69, 9.17) is 0 Å². The van der Waals surface area contributed by atoms with Crippen LogP contribution in [0.2, 0.25) is 0 Å². The van der Waals surface area contributed by atoms with Gasteiger partial charge in [-0.15, -0.1) is 0 Å². The molecule has 8 heavy (non-hydrogen) atoms. The Labute approximate surface area is 65.9 Å². The predicted molar refractivity (Wildman–Crippen MR) is 43.5 cm³/mol. The van der Waals surface area contributed by atoms with Crippen molar-refractivity contribution in [2.75, 3.05) is 0 Å². The average molecular weight is 238 g/mol. The molecule has 0 aromatic heterocycles. The second-order valence-corrected chi connectivity index (χ2v) is 3.70. The van der Waals surface area contributed by atoms with Gasteiger partial charge in [0.25, 0.3) is 0 Å². The van der Waals surface area contributed by atoms with Crippen LogP contribution in [0.4, 0.5) is 0 Å². The third-order valence-corrected chi connectivity index (χ3v) is 3.33. The molecule has 0 bridgehead atoms. The number of alkyl halides is 1. The van der Waals surface area contributed by atoms with E-state index < -0.39 is 0 Å². The Kier molecular flexibility index (Phi) is 2.32. The molecule has 0 amide bonds. The molecule has 1 aliphatic carbocycles. The zero-order valence-electron chi connectivity index (χ0n) is 4.27. The molecule has 0 radical (unpaired) electrons. The van der Waals surface area contributed by atoms with Gasteiger partial charge in [0.15, 0.2) is 0 Å². The van der Waals surface area contributed by atoms with Crippen molar-refractivity contribution in [1.29, 1.82) is 0 Å². The van der Waals surface area contributed by atoms with Crippen molar-refractivity contribution in [3.05, 3.63) is 22.7 Å². The van der Waals surface area contributed by atoms with E-state index >= 15 is 0 Å². The van der Waals surface area contributed by atoms with Crippen LogP contribution in [0.25, 0.3) is 0 Å². The Morgan fingerprint density at radius 1 is 1.62 bits per heavy atom. The third kappa shape index (κ3) is 1.46. The van der Waals surface area contributed by atoms with Crippen LogP contribution >= 0.6 is 31.9 Å². The number of halogens is 2. The summed E-state index contributed by atoms with van der Waals surface area (Å²) in [5.74, 6) is 0. The molecule has 0 nitrogen and oxygen atoms in total. The first kappa shape index (κ1) is 6.56. The molecule has 0 saturated carbocycles. The molecule has 0 spiro atoms. The van der Waals surface area contributed by atoms with E-state index in [1.54, 1.807) is 0 Å². The molecule has 44 valence electrons. The van der Waals surface area contributed by atoms with E-state index in [0.29, 0.717) is 4.83 Å². The first-order chi connectivity index (χ1) is 3.80. The zero-order chi connectivity index (χ0) is 5.98. The molecule has 1 aliphatic rings. The van der Waals surface area contributed by atoms with E-state index in [1.165, 1.54) is 4.48 Å². The van der Waals surface area contributed by atoms with E-state index in [-0.39, 0.29) is 0 Å². The average Bonchev–Trinajstić information content (AvgIpc) is 1.77. The largest absolute Gasteiger partial charge is 0.0830 e. The van der Waals surface area contributed by atoms with Crippen LogP contribution in [0, 0.1) is 0 Å². The van der Waals surface area contributed by atoms with Crippen LogP contribution < -0.4 is 0 Å². The Bertz CT molecular complexity index is 135. The fourth-order valence-corrected chi connectivity index (χ4v) is 1.28. The SMILES string of the molecule is BrC1=CC=CCC1Br. The summed E-state index contributed by atoms with van der Waals surface area (Å²) in [6, 6.07) is 0. The molecule has 1 rings (SSSR count). The van der Waals surface area contributed by atoms with Crippen molar-refractivity contribution in [3.63, 3.8) is 0 Å². The van der Waals surface area contributed by atoms with Crippen molar-refractivity contribution in [2.45, 2.75) is 11.2 Å². The van der Waals surface area contributed by atoms with Crippen molar-refractivity contribution >= 4 is 31.9 Å². The van der Waals surface area contributed by atoms with Crippen LogP contribution in [0.3, 0.4) is 0 Å². The topological polar surface area (TPSA) is 0 Å². The maximum atomic E-state index is 3.49. The molecule has 1 atom stereocenters. The highest BCUT2D eigenvalue weighted by molar-refractivity contribution is 9.14. The van der Waals surface area contributed by atoms with Gasteiger partial charge in [-0.25, -0.2) is 0 Å². The fourth-order valence-electron chi connectivity index (χ4n) is 0.575. The summed E-state index contributed by atoms with van der Waals surface area (Å²) in [7, 11) is 0. The lowest BCUT2D eigenvalue weighted by Crippen LogP contribution is -1.96. The van der Waals surface area contributed by atoms with E-state index in [0.717, 1.165) is 6.42 Å². The smallest absolute Gasteiger partial charge is 0.0495 e. The van der Waals surface area contributed by atoms with Gasteiger partial charge in [0, 0.05) is 9.31 Å². The van der Waals surface area contributed by atoms with Gasteiger partial charge in [0.2, 0.25) is 0 Å². The highest BCUT2D eigenvalue weighted by atomic mass is 79.9. The molecule has 0 aromatic rings. The molecule has 2 heteroatoms. The maximum Gasteiger partial charge on any atom is 0.0495 e. The van der Waals surface area contributed by atoms with Gasteiger partial charge in [0.1, 0.15) is 0 Å². The summed E-state index contributed by atoms with van der Waals surface area (Å²) >= 11 is 6.90. The molecule has 1 unspecified atom stereocenters. The number of hydrogen-bond donors (Lipinski definition) is 0. The molecule has 0 aromatic carbocycles. The van der Waals surface area contributed by atoms with E-state index in [2.05, 4.69) is 50.1 Å². The normalized spacial score (nSPS) is 27.8. The number of hydrogen-bond acceptors (Lipinski definition) is 0. The molecular weight excluding hydrogens is 232 g/mol. The molecule has 0 N–H and O–H groups in total. The zero-order valence-corrected chi connectivity index (χ0v) is 7.44. The Morgan fingerprint density at radius 2 is 2.38 bits per heavy atom. The van der Waals surface area contributed by atoms with Crippen LogP contribution in [-0.4, -0.2) is 4.83 Å². The summed E-state index contributed by atoms with van der Waals surface area (Å²) in [6.45, 7) is 0. The van der Waals surface area contributed by atoms with Gasteiger partial charge in [-0.3, -0.25) is 0 Å².